The zero-order valence-electron chi connectivity index (χ0n) is 11.2. The van der Waals surface area contributed by atoms with E-state index >= 15 is 0 Å². The molecule has 6 heteroatoms. The van der Waals surface area contributed by atoms with Gasteiger partial charge in [0.05, 0.1) is 6.54 Å². The Balaban J connectivity index is 3.89. The number of hydrogen-bond acceptors (Lipinski definition) is 4. The molecule has 100 valence electrons. The van der Waals surface area contributed by atoms with Gasteiger partial charge in [-0.15, -0.1) is 0 Å². The first-order valence-corrected chi connectivity index (χ1v) is 5.75. The summed E-state index contributed by atoms with van der Waals surface area (Å²) in [6.07, 6.45) is 0.831. The van der Waals surface area contributed by atoms with E-state index in [0.29, 0.717) is 6.54 Å². The smallest absolute Gasteiger partial charge is 0.321 e. The molecular formula is C11H24N4O2. The molecule has 0 aromatic rings. The Morgan fingerprint density at radius 3 is 2.35 bits per heavy atom. The zero-order chi connectivity index (χ0) is 13.5. The molecule has 17 heavy (non-hydrogen) atoms. The second kappa shape index (κ2) is 7.24. The Labute approximate surface area is 103 Å². The van der Waals surface area contributed by atoms with Crippen LogP contribution in [-0.4, -0.2) is 49.1 Å². The summed E-state index contributed by atoms with van der Waals surface area (Å²) < 4.78 is 0. The van der Waals surface area contributed by atoms with E-state index in [1.165, 1.54) is 0 Å². The highest BCUT2D eigenvalue weighted by molar-refractivity contribution is 5.95. The molecule has 0 fully saturated rings. The summed E-state index contributed by atoms with van der Waals surface area (Å²) in [6, 6.07) is -0.463. The molecule has 0 aromatic heterocycles. The lowest BCUT2D eigenvalue weighted by molar-refractivity contribution is -0.120. The van der Waals surface area contributed by atoms with Crippen LogP contribution in [-0.2, 0) is 4.79 Å². The number of likely N-dealkylation sites (N-methyl/N-ethyl adjacent to an activating group) is 1. The molecular weight excluding hydrogens is 220 g/mol. The van der Waals surface area contributed by atoms with Crippen molar-refractivity contribution < 1.29 is 9.59 Å². The minimum absolute atomic E-state index is 0.192. The molecule has 0 aliphatic heterocycles. The van der Waals surface area contributed by atoms with E-state index in [9.17, 15) is 9.59 Å². The maximum atomic E-state index is 11.5. The van der Waals surface area contributed by atoms with Crippen molar-refractivity contribution in [3.63, 3.8) is 0 Å². The van der Waals surface area contributed by atoms with Gasteiger partial charge in [0.15, 0.2) is 0 Å². The van der Waals surface area contributed by atoms with Gasteiger partial charge in [0, 0.05) is 5.54 Å². The summed E-state index contributed by atoms with van der Waals surface area (Å²) in [5.74, 6) is -0.314. The second-order valence-corrected chi connectivity index (χ2v) is 5.13. The van der Waals surface area contributed by atoms with Crippen molar-refractivity contribution in [1.82, 2.24) is 15.5 Å². The zero-order valence-corrected chi connectivity index (χ0v) is 11.2. The third-order valence-electron chi connectivity index (χ3n) is 1.90. The monoisotopic (exact) mass is 244 g/mol. The lowest BCUT2D eigenvalue weighted by Crippen LogP contribution is -2.50. The summed E-state index contributed by atoms with van der Waals surface area (Å²) in [5.41, 5.74) is 5.02. The number of nitrogens with one attached hydrogen (secondary N) is 2. The van der Waals surface area contributed by atoms with Gasteiger partial charge in [-0.2, -0.15) is 0 Å². The molecule has 0 rings (SSSR count). The van der Waals surface area contributed by atoms with Gasteiger partial charge < -0.3 is 11.1 Å². The first kappa shape index (κ1) is 15.9. The molecule has 0 heterocycles. The van der Waals surface area contributed by atoms with Gasteiger partial charge in [-0.25, -0.2) is 4.79 Å². The number of hydrogen-bond donors (Lipinski definition) is 3. The van der Waals surface area contributed by atoms with Crippen molar-refractivity contribution in [2.75, 3.05) is 26.7 Å². The fourth-order valence-electron chi connectivity index (χ4n) is 1.22. The van der Waals surface area contributed by atoms with Crippen LogP contribution in [0.4, 0.5) is 4.79 Å². The SMILES string of the molecule is CN(CCCN)CC(=O)NC(=O)NC(C)(C)C. The van der Waals surface area contributed by atoms with Crippen molar-refractivity contribution in [2.24, 2.45) is 5.73 Å². The highest BCUT2D eigenvalue weighted by atomic mass is 16.2. The molecule has 4 N–H and O–H groups in total. The number of carbonyl (C=O) groups is 2. The number of rotatable bonds is 5. The molecule has 0 aliphatic carbocycles. The summed E-state index contributed by atoms with van der Waals surface area (Å²) in [4.78, 5) is 24.7. The molecule has 3 amide bonds. The standard InChI is InChI=1S/C11H24N4O2/c1-11(2,3)14-10(17)13-9(16)8-15(4)7-5-6-12/h5-8,12H2,1-4H3,(H2,13,14,16,17). The number of nitrogens with two attached hydrogens (primary N) is 1. The third kappa shape index (κ3) is 9.77. The van der Waals surface area contributed by atoms with Crippen LogP contribution in [0.1, 0.15) is 27.2 Å². The van der Waals surface area contributed by atoms with Gasteiger partial charge in [0.25, 0.3) is 0 Å². The lowest BCUT2D eigenvalue weighted by Gasteiger charge is -2.21. The Hall–Kier alpha value is -1.14. The van der Waals surface area contributed by atoms with Gasteiger partial charge in [-0.3, -0.25) is 15.0 Å². The van der Waals surface area contributed by atoms with Crippen LogP contribution in [0.2, 0.25) is 0 Å². The molecule has 0 spiro atoms. The number of amides is 3. The number of nitrogens with zero attached hydrogens (tertiary/aromatic N) is 1. The molecule has 0 aliphatic rings. The maximum Gasteiger partial charge on any atom is 0.321 e. The van der Waals surface area contributed by atoms with E-state index < -0.39 is 6.03 Å². The molecule has 0 saturated carbocycles. The van der Waals surface area contributed by atoms with E-state index in [0.717, 1.165) is 13.0 Å². The van der Waals surface area contributed by atoms with E-state index in [-0.39, 0.29) is 18.0 Å². The predicted octanol–water partition coefficient (Wildman–Crippen LogP) is -0.109. The summed E-state index contributed by atoms with van der Waals surface area (Å²) in [5, 5.41) is 4.94. The molecule has 0 saturated heterocycles. The molecule has 0 radical (unpaired) electrons. The highest BCUT2D eigenvalue weighted by Gasteiger charge is 2.16. The first-order valence-electron chi connectivity index (χ1n) is 5.75. The van der Waals surface area contributed by atoms with Crippen molar-refractivity contribution in [1.29, 1.82) is 0 Å². The Bertz CT molecular complexity index is 261. The van der Waals surface area contributed by atoms with E-state index in [4.69, 9.17) is 5.73 Å². The van der Waals surface area contributed by atoms with Crippen LogP contribution >= 0.6 is 0 Å². The lowest BCUT2D eigenvalue weighted by atomic mass is 10.1. The van der Waals surface area contributed by atoms with E-state index in [1.54, 1.807) is 0 Å². The molecule has 0 unspecified atom stereocenters. The first-order chi connectivity index (χ1) is 7.74. The molecule has 6 nitrogen and oxygen atoms in total. The highest BCUT2D eigenvalue weighted by Crippen LogP contribution is 1.97. The molecule has 0 aromatic carbocycles. The summed E-state index contributed by atoms with van der Waals surface area (Å²) in [7, 11) is 1.82. The van der Waals surface area contributed by atoms with Gasteiger partial charge in [-0.05, 0) is 47.3 Å². The van der Waals surface area contributed by atoms with Crippen molar-refractivity contribution >= 4 is 11.9 Å². The second-order valence-electron chi connectivity index (χ2n) is 5.13. The predicted molar refractivity (Wildman–Crippen MR) is 67.6 cm³/mol. The van der Waals surface area contributed by atoms with Crippen LogP contribution in [0, 0.1) is 0 Å². The van der Waals surface area contributed by atoms with Crippen LogP contribution < -0.4 is 16.4 Å². The van der Waals surface area contributed by atoms with E-state index in [2.05, 4.69) is 10.6 Å². The molecule has 0 atom stereocenters. The topological polar surface area (TPSA) is 87.5 Å². The van der Waals surface area contributed by atoms with Crippen LogP contribution in [0.15, 0.2) is 0 Å². The minimum atomic E-state index is -0.463. The number of urea groups is 1. The Kier molecular flexibility index (Phi) is 6.75. The van der Waals surface area contributed by atoms with Gasteiger partial charge in [0.2, 0.25) is 5.91 Å². The number of imide groups is 1. The summed E-state index contributed by atoms with van der Waals surface area (Å²) in [6.45, 7) is 7.08. The number of carbonyl (C=O) groups excluding carboxylic acids is 2. The summed E-state index contributed by atoms with van der Waals surface area (Å²) >= 11 is 0. The third-order valence-corrected chi connectivity index (χ3v) is 1.90. The fraction of sp³-hybridized carbons (Fsp3) is 0.818. The largest absolute Gasteiger partial charge is 0.333 e. The fourth-order valence-corrected chi connectivity index (χ4v) is 1.22. The van der Waals surface area contributed by atoms with E-state index in [1.807, 2.05) is 32.7 Å². The van der Waals surface area contributed by atoms with Crippen LogP contribution in [0.5, 0.6) is 0 Å². The van der Waals surface area contributed by atoms with Crippen molar-refractivity contribution in [3.8, 4) is 0 Å². The Morgan fingerprint density at radius 1 is 1.29 bits per heavy atom. The van der Waals surface area contributed by atoms with Crippen LogP contribution in [0.3, 0.4) is 0 Å². The normalized spacial score (nSPS) is 11.4. The van der Waals surface area contributed by atoms with Gasteiger partial charge in [-0.1, -0.05) is 0 Å². The quantitative estimate of drug-likeness (QED) is 0.630. The van der Waals surface area contributed by atoms with Gasteiger partial charge in [0.1, 0.15) is 0 Å². The minimum Gasteiger partial charge on any atom is -0.333 e. The molecule has 0 bridgehead atoms. The Morgan fingerprint density at radius 2 is 1.88 bits per heavy atom. The average molecular weight is 244 g/mol. The average Bonchev–Trinajstić information content (AvgIpc) is 2.10. The van der Waals surface area contributed by atoms with Crippen molar-refractivity contribution in [3.05, 3.63) is 0 Å². The van der Waals surface area contributed by atoms with Crippen LogP contribution in [0.25, 0.3) is 0 Å². The maximum absolute atomic E-state index is 11.5. The van der Waals surface area contributed by atoms with Crippen molar-refractivity contribution in [2.45, 2.75) is 32.7 Å². The van der Waals surface area contributed by atoms with Gasteiger partial charge >= 0.3 is 6.03 Å².